The van der Waals surface area contributed by atoms with Gasteiger partial charge in [0.15, 0.2) is 11.9 Å². The van der Waals surface area contributed by atoms with Crippen molar-refractivity contribution in [3.8, 4) is 50.9 Å². The molecule has 0 spiro atoms. The molecular weight excluding hydrogens is 1090 g/mol. The van der Waals surface area contributed by atoms with Crippen LogP contribution in [0.25, 0.3) is 138 Å². The van der Waals surface area contributed by atoms with Crippen LogP contribution >= 0.6 is 0 Å². The molecule has 0 N–H and O–H groups in total. The molecule has 2 aliphatic heterocycles. The zero-order valence-electron chi connectivity index (χ0n) is 47.6. The van der Waals surface area contributed by atoms with Gasteiger partial charge in [-0.25, -0.2) is 4.98 Å². The van der Waals surface area contributed by atoms with Crippen molar-refractivity contribution in [3.63, 3.8) is 0 Å². The van der Waals surface area contributed by atoms with E-state index in [1.54, 1.807) is 0 Å². The van der Waals surface area contributed by atoms with Crippen molar-refractivity contribution in [1.29, 1.82) is 0 Å². The maximum absolute atomic E-state index is 7.65. The summed E-state index contributed by atoms with van der Waals surface area (Å²) in [5, 5.41) is 8.57. The number of allylic oxidation sites excluding steroid dienone is 1. The van der Waals surface area contributed by atoms with Gasteiger partial charge < -0.3 is 23.0 Å². The number of benzene rings is 8. The minimum absolute atomic E-state index is 0.549. The number of aliphatic imine (C=N–C) groups is 1. The van der Waals surface area contributed by atoms with Gasteiger partial charge in [0, 0.05) is 138 Å². The Bertz CT molecular complexity index is 5840. The second kappa shape index (κ2) is 19.2. The Morgan fingerprint density at radius 2 is 0.685 bits per heavy atom. The number of hydrogen-bond acceptors (Lipinski definition) is 7. The van der Waals surface area contributed by atoms with Gasteiger partial charge in [0.25, 0.3) is 0 Å². The number of pyridine rings is 5. The van der Waals surface area contributed by atoms with Crippen molar-refractivity contribution in [2.45, 2.75) is 12.1 Å². The molecule has 0 saturated heterocycles. The van der Waals surface area contributed by atoms with Crippen molar-refractivity contribution in [2.75, 3.05) is 0 Å². The smallest absolute Gasteiger partial charge is 0.153 e. The highest BCUT2D eigenvalue weighted by atomic mass is 16.5. The molecule has 0 fully saturated rings. The van der Waals surface area contributed by atoms with Gasteiger partial charge in [-0.05, 0) is 145 Å². The molecule has 0 bridgehead atoms. The zero-order chi connectivity index (χ0) is 58.3. The third-order valence-corrected chi connectivity index (χ3v) is 18.2. The summed E-state index contributed by atoms with van der Waals surface area (Å²) in [6, 6.07) is 79.2. The largest absolute Gasteiger partial charge is 0.480 e. The van der Waals surface area contributed by atoms with E-state index in [1.165, 1.54) is 0 Å². The van der Waals surface area contributed by atoms with Crippen LogP contribution in [0.3, 0.4) is 0 Å². The Morgan fingerprint density at radius 3 is 1.12 bits per heavy atom. The molecule has 0 aliphatic carbocycles. The summed E-state index contributed by atoms with van der Waals surface area (Å²) in [4.78, 5) is 30.4. The number of hydrogen-bond donors (Lipinski definition) is 0. The van der Waals surface area contributed by atoms with E-state index in [0.717, 1.165) is 160 Å². The molecular formula is C78H48N10O. The van der Waals surface area contributed by atoms with E-state index in [1.807, 2.05) is 49.6 Å². The lowest BCUT2D eigenvalue weighted by atomic mass is 9.88. The number of nitrogens with zero attached hydrogens (tertiary/aromatic N) is 10. The number of ether oxygens (including phenoxy) is 1. The SMILES string of the molecule is C1=C(c2ccc3c(c2)c2cnccc2n3-c2ccccc2)C2Oc3c(-c4ccc5c(c4)c4cnccc4n5-c4ccccc4)cc(-c4ccc5c(c4)c4cnccc4n5-c4ccccc4)nc3C2N=C1c1ccc2c(c1)c1cnccc1n2-c1ccccc1. The standard InChI is InChI=1S/C78H48N10O/c1-5-13-51(14-6-1)85-67-25-21-47(37-57(67)61-43-79-33-29-71(61)85)55-41-65(49-23-27-69-59(39-49)63-45-81-35-31-73(63)87(69)53-17-9-3-10-18-53)83-75-76-78(89-77(55)75)56(48-22-26-68-58(38-48)62-44-80-34-30-72(62)86(68)52-15-7-2-8-16-52)42-66(84-76)50-24-28-70-60(40-50)64-46-82-36-32-74(64)88(70)54-19-11-4-12-20-54/h1-46,75,77H. The molecule has 19 rings (SSSR count). The van der Waals surface area contributed by atoms with Crippen LogP contribution in [0.2, 0.25) is 0 Å². The highest BCUT2D eigenvalue weighted by molar-refractivity contribution is 6.19. The average molecular weight is 1140 g/mol. The van der Waals surface area contributed by atoms with E-state index >= 15 is 0 Å². The van der Waals surface area contributed by atoms with Gasteiger partial charge in [0.05, 0.1) is 55.5 Å². The van der Waals surface area contributed by atoms with Crippen LogP contribution in [-0.2, 0) is 0 Å². The lowest BCUT2D eigenvalue weighted by molar-refractivity contribution is 0.267. The first kappa shape index (κ1) is 49.2. The van der Waals surface area contributed by atoms with Crippen LogP contribution in [0.15, 0.2) is 285 Å². The fourth-order valence-corrected chi connectivity index (χ4v) is 14.3. The lowest BCUT2D eigenvalue weighted by Crippen LogP contribution is -2.25. The van der Waals surface area contributed by atoms with Gasteiger partial charge in [-0.1, -0.05) is 97.1 Å². The number of rotatable bonds is 8. The molecule has 89 heavy (non-hydrogen) atoms. The highest BCUT2D eigenvalue weighted by Gasteiger charge is 2.43. The molecule has 0 radical (unpaired) electrons. The zero-order valence-corrected chi connectivity index (χ0v) is 47.6. The Labute approximate surface area is 508 Å². The van der Waals surface area contributed by atoms with Crippen LogP contribution in [0.4, 0.5) is 0 Å². The first-order valence-corrected chi connectivity index (χ1v) is 29.9. The van der Waals surface area contributed by atoms with Gasteiger partial charge in [-0.2, -0.15) is 0 Å². The van der Waals surface area contributed by atoms with Gasteiger partial charge in [-0.3, -0.25) is 24.9 Å². The van der Waals surface area contributed by atoms with E-state index in [9.17, 15) is 0 Å². The summed E-state index contributed by atoms with van der Waals surface area (Å²) in [6.45, 7) is 0. The molecule has 8 aromatic carbocycles. The molecule has 0 saturated carbocycles. The van der Waals surface area contributed by atoms with Crippen LogP contribution in [0, 0.1) is 0 Å². The summed E-state index contributed by atoms with van der Waals surface area (Å²) in [6.07, 6.45) is 17.1. The van der Waals surface area contributed by atoms with Gasteiger partial charge >= 0.3 is 0 Å². The average Bonchev–Trinajstić information content (AvgIpc) is 1.78. The monoisotopic (exact) mass is 1140 g/mol. The Hall–Kier alpha value is -12.1. The minimum atomic E-state index is -0.550. The predicted molar refractivity (Wildman–Crippen MR) is 358 cm³/mol. The second-order valence-corrected chi connectivity index (χ2v) is 23.0. The molecule has 11 heteroatoms. The van der Waals surface area contributed by atoms with Gasteiger partial charge in [0.2, 0.25) is 0 Å². The molecule has 416 valence electrons. The quantitative estimate of drug-likeness (QED) is 0.150. The van der Waals surface area contributed by atoms with Crippen molar-refractivity contribution in [2.24, 2.45) is 4.99 Å². The predicted octanol–water partition coefficient (Wildman–Crippen LogP) is 17.8. The summed E-state index contributed by atoms with van der Waals surface area (Å²) >= 11 is 0. The Kier molecular flexibility index (Phi) is 10.6. The molecule has 11 heterocycles. The van der Waals surface area contributed by atoms with E-state index < -0.39 is 12.1 Å². The van der Waals surface area contributed by atoms with Crippen molar-refractivity contribution in [3.05, 3.63) is 297 Å². The normalized spacial score (nSPS) is 14.7. The van der Waals surface area contributed by atoms with E-state index in [-0.39, 0.29) is 0 Å². The topological polar surface area (TPSA) is 106 Å². The maximum Gasteiger partial charge on any atom is 0.153 e. The molecule has 17 aromatic rings. The molecule has 9 aromatic heterocycles. The summed E-state index contributed by atoms with van der Waals surface area (Å²) in [5.74, 6) is 0.702. The van der Waals surface area contributed by atoms with E-state index in [2.05, 4.69) is 269 Å². The van der Waals surface area contributed by atoms with Gasteiger partial charge in [0.1, 0.15) is 11.7 Å². The Morgan fingerprint density at radius 1 is 0.326 bits per heavy atom. The van der Waals surface area contributed by atoms with Crippen LogP contribution in [-0.4, -0.2) is 55.0 Å². The minimum Gasteiger partial charge on any atom is -0.480 e. The Balaban J connectivity index is 0.854. The molecule has 2 unspecified atom stereocenters. The fourth-order valence-electron chi connectivity index (χ4n) is 14.3. The molecule has 2 atom stereocenters. The highest BCUT2D eigenvalue weighted by Crippen LogP contribution is 2.52. The summed E-state index contributed by atoms with van der Waals surface area (Å²) in [5.41, 5.74) is 21.2. The fraction of sp³-hybridized carbons (Fsp3) is 0.0256. The van der Waals surface area contributed by atoms with E-state index in [0.29, 0.717) is 5.75 Å². The maximum atomic E-state index is 7.65. The van der Waals surface area contributed by atoms with Crippen LogP contribution in [0.1, 0.15) is 22.9 Å². The molecule has 0 amide bonds. The number of aromatic nitrogens is 9. The third kappa shape index (κ3) is 7.45. The summed E-state index contributed by atoms with van der Waals surface area (Å²) in [7, 11) is 0. The van der Waals surface area contributed by atoms with E-state index in [4.69, 9.17) is 14.7 Å². The second-order valence-electron chi connectivity index (χ2n) is 23.0. The van der Waals surface area contributed by atoms with Crippen LogP contribution < -0.4 is 4.74 Å². The summed E-state index contributed by atoms with van der Waals surface area (Å²) < 4.78 is 16.9. The number of para-hydroxylation sites is 4. The first-order valence-electron chi connectivity index (χ1n) is 29.9. The van der Waals surface area contributed by atoms with Crippen molar-refractivity contribution < 1.29 is 4.74 Å². The lowest BCUT2D eigenvalue weighted by Gasteiger charge is -2.25. The first-order chi connectivity index (χ1) is 44.1. The third-order valence-electron chi connectivity index (χ3n) is 18.2. The number of fused-ring (bicyclic) bond motifs is 15. The molecule has 11 nitrogen and oxygen atoms in total. The van der Waals surface area contributed by atoms with Gasteiger partial charge in [-0.15, -0.1) is 0 Å². The number of dihydropyridines is 1. The van der Waals surface area contributed by atoms with Crippen molar-refractivity contribution >= 4 is 98.5 Å². The molecule has 2 aliphatic rings. The van der Waals surface area contributed by atoms with Crippen LogP contribution in [0.5, 0.6) is 5.75 Å². The van der Waals surface area contributed by atoms with Crippen molar-refractivity contribution in [1.82, 2.24) is 43.2 Å².